The average molecular weight is 240 g/mol. The van der Waals surface area contributed by atoms with Crippen molar-refractivity contribution in [2.24, 2.45) is 0 Å². The Bertz CT molecular complexity index is 512. The van der Waals surface area contributed by atoms with E-state index in [1.54, 1.807) is 48.5 Å². The molecule has 0 spiro atoms. The van der Waals surface area contributed by atoms with Crippen molar-refractivity contribution in [1.82, 2.24) is 0 Å². The Kier molecular flexibility index (Phi) is 2.77. The van der Waals surface area contributed by atoms with Crippen molar-refractivity contribution in [3.8, 4) is 0 Å². The van der Waals surface area contributed by atoms with Gasteiger partial charge in [-0.3, -0.25) is 9.59 Å². The fourth-order valence-electron chi connectivity index (χ4n) is 2.05. The van der Waals surface area contributed by atoms with Crippen molar-refractivity contribution >= 4 is 22.5 Å². The SMILES string of the molecule is O=C1c2ccccc2C(=O)c2ccccc21.[SiH4]. The summed E-state index contributed by atoms with van der Waals surface area (Å²) < 4.78 is 0. The van der Waals surface area contributed by atoms with Gasteiger partial charge < -0.3 is 0 Å². The molecule has 0 aromatic heterocycles. The zero-order valence-electron chi connectivity index (χ0n) is 8.44. The number of carbonyl (C=O) groups excluding carboxylic acids is 2. The molecule has 0 atom stereocenters. The number of hydrogen-bond acceptors (Lipinski definition) is 2. The number of carbonyl (C=O) groups is 2. The first kappa shape index (κ1) is 11.5. The van der Waals surface area contributed by atoms with Gasteiger partial charge in [-0.1, -0.05) is 48.5 Å². The molecule has 3 heteroatoms. The van der Waals surface area contributed by atoms with Gasteiger partial charge >= 0.3 is 0 Å². The van der Waals surface area contributed by atoms with Crippen molar-refractivity contribution in [3.63, 3.8) is 0 Å². The summed E-state index contributed by atoms with van der Waals surface area (Å²) in [6, 6.07) is 13.9. The van der Waals surface area contributed by atoms with E-state index in [1.807, 2.05) is 0 Å². The van der Waals surface area contributed by atoms with E-state index in [0.717, 1.165) is 0 Å². The highest BCUT2D eigenvalue weighted by Gasteiger charge is 2.28. The molecule has 0 saturated carbocycles. The molecule has 0 saturated heterocycles. The largest absolute Gasteiger partial charge is 0.289 e. The number of ketones is 2. The Hall–Kier alpha value is -2.00. The van der Waals surface area contributed by atoms with Gasteiger partial charge in [0.05, 0.1) is 0 Å². The smallest absolute Gasteiger partial charge is 0.194 e. The predicted molar refractivity (Wildman–Crippen MR) is 71.1 cm³/mol. The summed E-state index contributed by atoms with van der Waals surface area (Å²) in [5.41, 5.74) is 2.02. The minimum atomic E-state index is -0.0641. The van der Waals surface area contributed by atoms with Crippen molar-refractivity contribution in [2.75, 3.05) is 0 Å². The molecule has 0 radical (unpaired) electrons. The van der Waals surface area contributed by atoms with Crippen LogP contribution in [0.25, 0.3) is 0 Å². The van der Waals surface area contributed by atoms with Crippen LogP contribution in [-0.4, -0.2) is 22.5 Å². The summed E-state index contributed by atoms with van der Waals surface area (Å²) >= 11 is 0. The first-order chi connectivity index (χ1) is 7.79. The van der Waals surface area contributed by atoms with Crippen LogP contribution in [0.15, 0.2) is 48.5 Å². The van der Waals surface area contributed by atoms with E-state index in [1.165, 1.54) is 0 Å². The Balaban J connectivity index is 0.00000108. The van der Waals surface area contributed by atoms with Crippen LogP contribution in [0, 0.1) is 0 Å². The maximum absolute atomic E-state index is 12.1. The minimum absolute atomic E-state index is 0. The van der Waals surface area contributed by atoms with Crippen LogP contribution in [0.2, 0.25) is 0 Å². The molecule has 2 nitrogen and oxygen atoms in total. The van der Waals surface area contributed by atoms with Crippen LogP contribution in [-0.2, 0) is 0 Å². The molecule has 0 heterocycles. The lowest BCUT2D eigenvalue weighted by Gasteiger charge is -2.16. The summed E-state index contributed by atoms with van der Waals surface area (Å²) in [6.45, 7) is 0. The maximum Gasteiger partial charge on any atom is 0.194 e. The van der Waals surface area contributed by atoms with Crippen molar-refractivity contribution in [2.45, 2.75) is 0 Å². The van der Waals surface area contributed by atoms with E-state index >= 15 is 0 Å². The monoisotopic (exact) mass is 240 g/mol. The van der Waals surface area contributed by atoms with E-state index in [2.05, 4.69) is 0 Å². The standard InChI is InChI=1S/C14H8O2.H4Si/c15-13-9-5-1-2-6-10(9)14(16)12-8-4-3-7-11(12)13;/h1-8H;1H4. The third kappa shape index (κ3) is 1.55. The number of fused-ring (bicyclic) bond motifs is 2. The van der Waals surface area contributed by atoms with E-state index in [4.69, 9.17) is 0 Å². The zero-order valence-corrected chi connectivity index (χ0v) is 8.44. The van der Waals surface area contributed by atoms with Gasteiger partial charge in [0.15, 0.2) is 11.6 Å². The van der Waals surface area contributed by atoms with Crippen molar-refractivity contribution in [3.05, 3.63) is 70.8 Å². The fraction of sp³-hybridized carbons (Fsp3) is 0. The topological polar surface area (TPSA) is 34.1 Å². The highest BCUT2D eigenvalue weighted by Crippen LogP contribution is 2.26. The number of rotatable bonds is 0. The summed E-state index contributed by atoms with van der Waals surface area (Å²) in [4.78, 5) is 24.2. The molecule has 2 aromatic rings. The molecule has 0 fully saturated rings. The second kappa shape index (κ2) is 4.11. The van der Waals surface area contributed by atoms with Crippen LogP contribution in [0.4, 0.5) is 0 Å². The maximum atomic E-state index is 12.1. The fourth-order valence-corrected chi connectivity index (χ4v) is 2.05. The second-order valence-electron chi connectivity index (χ2n) is 3.75. The third-order valence-electron chi connectivity index (χ3n) is 2.83. The highest BCUT2D eigenvalue weighted by molar-refractivity contribution is 6.28. The molecular weight excluding hydrogens is 228 g/mol. The molecule has 0 bridgehead atoms. The molecule has 0 unspecified atom stereocenters. The van der Waals surface area contributed by atoms with Gasteiger partial charge in [0, 0.05) is 22.3 Å². The molecule has 2 aromatic carbocycles. The van der Waals surface area contributed by atoms with Crippen LogP contribution in [0.5, 0.6) is 0 Å². The molecule has 84 valence electrons. The Labute approximate surface area is 103 Å². The average Bonchev–Trinajstić information content (AvgIpc) is 2.36. The lowest BCUT2D eigenvalue weighted by molar-refractivity contribution is 0.0979. The molecule has 0 amide bonds. The van der Waals surface area contributed by atoms with Crippen molar-refractivity contribution < 1.29 is 9.59 Å². The molecule has 1 aliphatic carbocycles. The summed E-state index contributed by atoms with van der Waals surface area (Å²) in [5, 5.41) is 0. The molecule has 0 N–H and O–H groups in total. The lowest BCUT2D eigenvalue weighted by atomic mass is 9.84. The zero-order chi connectivity index (χ0) is 11.1. The molecule has 1 aliphatic rings. The molecule has 17 heavy (non-hydrogen) atoms. The van der Waals surface area contributed by atoms with Gasteiger partial charge in [0.2, 0.25) is 0 Å². The van der Waals surface area contributed by atoms with Gasteiger partial charge in [0.1, 0.15) is 0 Å². The quantitative estimate of drug-likeness (QED) is 0.550. The van der Waals surface area contributed by atoms with Crippen LogP contribution in [0.3, 0.4) is 0 Å². The summed E-state index contributed by atoms with van der Waals surface area (Å²) in [6.07, 6.45) is 0. The Morgan fingerprint density at radius 2 is 0.765 bits per heavy atom. The Morgan fingerprint density at radius 1 is 0.529 bits per heavy atom. The van der Waals surface area contributed by atoms with E-state index < -0.39 is 0 Å². The van der Waals surface area contributed by atoms with E-state index in [0.29, 0.717) is 22.3 Å². The Morgan fingerprint density at radius 3 is 1.00 bits per heavy atom. The summed E-state index contributed by atoms with van der Waals surface area (Å²) in [5.74, 6) is -0.128. The molecular formula is C14H12O2Si. The first-order valence-corrected chi connectivity index (χ1v) is 5.06. The number of benzene rings is 2. The van der Waals surface area contributed by atoms with E-state index in [9.17, 15) is 9.59 Å². The predicted octanol–water partition coefficient (Wildman–Crippen LogP) is 1.01. The van der Waals surface area contributed by atoms with Crippen molar-refractivity contribution in [1.29, 1.82) is 0 Å². The molecule has 3 rings (SSSR count). The third-order valence-corrected chi connectivity index (χ3v) is 2.83. The van der Waals surface area contributed by atoms with Gasteiger partial charge in [-0.05, 0) is 11.0 Å². The van der Waals surface area contributed by atoms with Gasteiger partial charge in [-0.2, -0.15) is 0 Å². The molecule has 0 aliphatic heterocycles. The van der Waals surface area contributed by atoms with Crippen LogP contribution >= 0.6 is 0 Å². The second-order valence-corrected chi connectivity index (χ2v) is 3.75. The van der Waals surface area contributed by atoms with Crippen LogP contribution in [0.1, 0.15) is 31.8 Å². The van der Waals surface area contributed by atoms with Gasteiger partial charge in [-0.25, -0.2) is 0 Å². The van der Waals surface area contributed by atoms with Crippen LogP contribution < -0.4 is 0 Å². The van der Waals surface area contributed by atoms with Gasteiger partial charge in [0.25, 0.3) is 0 Å². The highest BCUT2D eigenvalue weighted by atomic mass is 28.1. The number of hydrogen-bond donors (Lipinski definition) is 0. The summed E-state index contributed by atoms with van der Waals surface area (Å²) in [7, 11) is 0. The normalized spacial score (nSPS) is 12.5. The lowest BCUT2D eigenvalue weighted by Crippen LogP contribution is -2.20. The van der Waals surface area contributed by atoms with Gasteiger partial charge in [-0.15, -0.1) is 0 Å². The first-order valence-electron chi connectivity index (χ1n) is 5.06. The van der Waals surface area contributed by atoms with E-state index in [-0.39, 0.29) is 22.5 Å². The minimum Gasteiger partial charge on any atom is -0.289 e.